The molecule has 0 aliphatic heterocycles. The van der Waals surface area contributed by atoms with Crippen LogP contribution in [0.2, 0.25) is 0 Å². The van der Waals surface area contributed by atoms with Crippen molar-refractivity contribution in [2.45, 2.75) is 43.0 Å². The number of thioether (sulfide) groups is 1. The maximum atomic E-state index is 12.1. The van der Waals surface area contributed by atoms with Crippen LogP contribution in [0.4, 0.5) is 0 Å². The molecular formula is C15H22N2O2S. The van der Waals surface area contributed by atoms with Crippen molar-refractivity contribution in [1.82, 2.24) is 5.32 Å². The Kier molecular flexibility index (Phi) is 5.31. The molecule has 20 heavy (non-hydrogen) atoms. The number of nitrogens with two attached hydrogens (primary N) is 1. The number of aromatic hydroxyl groups is 1. The van der Waals surface area contributed by atoms with Crippen LogP contribution in [0.15, 0.2) is 24.3 Å². The van der Waals surface area contributed by atoms with E-state index in [2.05, 4.69) is 11.6 Å². The molecule has 2 unspecified atom stereocenters. The number of amides is 1. The Morgan fingerprint density at radius 3 is 2.75 bits per heavy atom. The van der Waals surface area contributed by atoms with E-state index in [-0.39, 0.29) is 17.7 Å². The maximum absolute atomic E-state index is 12.1. The molecule has 110 valence electrons. The van der Waals surface area contributed by atoms with E-state index in [1.54, 1.807) is 24.3 Å². The largest absolute Gasteiger partial charge is 0.508 e. The minimum absolute atomic E-state index is 0.0789. The van der Waals surface area contributed by atoms with E-state index in [1.165, 1.54) is 6.42 Å². The van der Waals surface area contributed by atoms with E-state index >= 15 is 0 Å². The summed E-state index contributed by atoms with van der Waals surface area (Å²) in [5, 5.41) is 12.9. The van der Waals surface area contributed by atoms with Crippen LogP contribution >= 0.6 is 11.8 Å². The molecule has 0 saturated heterocycles. The average Bonchev–Trinajstić information content (AvgIpc) is 2.89. The summed E-state index contributed by atoms with van der Waals surface area (Å²) in [5.74, 6) is 0.144. The number of hydrogen-bond donors (Lipinski definition) is 3. The number of nitrogens with one attached hydrogen (secondary N) is 1. The molecule has 1 aliphatic rings. The number of hydrogen-bond acceptors (Lipinski definition) is 4. The molecule has 3 atom stereocenters. The number of phenolic OH excluding ortho intramolecular Hbond substituents is 1. The summed E-state index contributed by atoms with van der Waals surface area (Å²) < 4.78 is 0. The molecule has 0 heterocycles. The van der Waals surface area contributed by atoms with Crippen LogP contribution in [0, 0.1) is 0 Å². The molecule has 0 bridgehead atoms. The first kappa shape index (κ1) is 15.2. The molecule has 5 heteroatoms. The standard InChI is InChI=1S/C15H22N2O2S/c1-20-13-7-4-11(9-13)17-15(19)14(16)8-10-2-5-12(18)6-3-10/h2-3,5-6,11,13-14,18H,4,7-9,16H2,1H3,(H,17,19)/t11?,13?,14-/m1/s1. The molecule has 0 spiro atoms. The molecule has 1 aromatic rings. The van der Waals surface area contributed by atoms with Gasteiger partial charge in [-0.15, -0.1) is 0 Å². The fourth-order valence-electron chi connectivity index (χ4n) is 2.57. The van der Waals surface area contributed by atoms with Gasteiger partial charge in [-0.1, -0.05) is 12.1 Å². The second-order valence-electron chi connectivity index (χ2n) is 5.35. The zero-order valence-corrected chi connectivity index (χ0v) is 12.5. The van der Waals surface area contributed by atoms with Gasteiger partial charge in [0.15, 0.2) is 0 Å². The third-order valence-electron chi connectivity index (χ3n) is 3.79. The van der Waals surface area contributed by atoms with Gasteiger partial charge in [0.05, 0.1) is 6.04 Å². The Labute approximate surface area is 124 Å². The molecule has 4 nitrogen and oxygen atoms in total. The smallest absolute Gasteiger partial charge is 0.237 e. The van der Waals surface area contributed by atoms with E-state index in [9.17, 15) is 9.90 Å². The Hall–Kier alpha value is -1.20. The summed E-state index contributed by atoms with van der Waals surface area (Å²) in [6.45, 7) is 0. The molecule has 1 saturated carbocycles. The second kappa shape index (κ2) is 6.99. The lowest BCUT2D eigenvalue weighted by atomic mass is 10.1. The second-order valence-corrected chi connectivity index (χ2v) is 6.49. The topological polar surface area (TPSA) is 75.4 Å². The van der Waals surface area contributed by atoms with Crippen LogP contribution in [-0.2, 0) is 11.2 Å². The highest BCUT2D eigenvalue weighted by Crippen LogP contribution is 2.28. The van der Waals surface area contributed by atoms with Crippen molar-refractivity contribution in [3.05, 3.63) is 29.8 Å². The molecule has 1 amide bonds. The fraction of sp³-hybridized carbons (Fsp3) is 0.533. The van der Waals surface area contributed by atoms with Gasteiger partial charge in [0.1, 0.15) is 5.75 Å². The van der Waals surface area contributed by atoms with Crippen LogP contribution in [0.3, 0.4) is 0 Å². The Morgan fingerprint density at radius 2 is 2.15 bits per heavy atom. The number of carbonyl (C=O) groups excluding carboxylic acids is 1. The summed E-state index contributed by atoms with van der Waals surface area (Å²) in [4.78, 5) is 12.1. The lowest BCUT2D eigenvalue weighted by molar-refractivity contribution is -0.123. The van der Waals surface area contributed by atoms with E-state index in [4.69, 9.17) is 5.73 Å². The zero-order chi connectivity index (χ0) is 14.5. The minimum atomic E-state index is -0.534. The third-order valence-corrected chi connectivity index (χ3v) is 4.89. The average molecular weight is 294 g/mol. The van der Waals surface area contributed by atoms with Gasteiger partial charge in [-0.25, -0.2) is 0 Å². The van der Waals surface area contributed by atoms with E-state index in [1.807, 2.05) is 11.8 Å². The molecular weight excluding hydrogens is 272 g/mol. The van der Waals surface area contributed by atoms with Crippen LogP contribution < -0.4 is 11.1 Å². The van der Waals surface area contributed by atoms with Gasteiger partial charge in [-0.2, -0.15) is 11.8 Å². The number of rotatable bonds is 5. The van der Waals surface area contributed by atoms with Crippen molar-refractivity contribution in [3.8, 4) is 5.75 Å². The van der Waals surface area contributed by atoms with Crippen LogP contribution in [-0.4, -0.2) is 34.6 Å². The van der Waals surface area contributed by atoms with E-state index in [0.29, 0.717) is 11.7 Å². The monoisotopic (exact) mass is 294 g/mol. The minimum Gasteiger partial charge on any atom is -0.508 e. The van der Waals surface area contributed by atoms with Gasteiger partial charge < -0.3 is 16.2 Å². The van der Waals surface area contributed by atoms with Gasteiger partial charge in [-0.3, -0.25) is 4.79 Å². The summed E-state index contributed by atoms with van der Waals surface area (Å²) in [6.07, 6.45) is 5.86. The van der Waals surface area contributed by atoms with Crippen LogP contribution in [0.5, 0.6) is 5.75 Å². The highest BCUT2D eigenvalue weighted by atomic mass is 32.2. The molecule has 2 rings (SSSR count). The summed E-state index contributed by atoms with van der Waals surface area (Å²) in [5.41, 5.74) is 6.91. The summed E-state index contributed by atoms with van der Waals surface area (Å²) in [6, 6.07) is 6.54. The van der Waals surface area contributed by atoms with Gasteiger partial charge >= 0.3 is 0 Å². The first-order chi connectivity index (χ1) is 9.58. The summed E-state index contributed by atoms with van der Waals surface area (Å²) in [7, 11) is 0. The van der Waals surface area contributed by atoms with Gasteiger partial charge in [0, 0.05) is 11.3 Å². The van der Waals surface area contributed by atoms with Crippen molar-refractivity contribution in [2.75, 3.05) is 6.26 Å². The van der Waals surface area contributed by atoms with Crippen molar-refractivity contribution >= 4 is 17.7 Å². The normalized spacial score (nSPS) is 23.5. The SMILES string of the molecule is CSC1CCC(NC(=O)[C@H](N)Cc2ccc(O)cc2)C1. The highest BCUT2D eigenvalue weighted by molar-refractivity contribution is 7.99. The zero-order valence-electron chi connectivity index (χ0n) is 11.7. The Balaban J connectivity index is 1.81. The summed E-state index contributed by atoms with van der Waals surface area (Å²) >= 11 is 1.87. The van der Waals surface area contributed by atoms with Crippen LogP contribution in [0.25, 0.3) is 0 Å². The molecule has 0 aromatic heterocycles. The molecule has 0 radical (unpaired) electrons. The molecule has 1 fully saturated rings. The number of phenols is 1. The van der Waals surface area contributed by atoms with E-state index < -0.39 is 6.04 Å². The van der Waals surface area contributed by atoms with Crippen molar-refractivity contribution in [3.63, 3.8) is 0 Å². The lowest BCUT2D eigenvalue weighted by Crippen LogP contribution is -2.45. The maximum Gasteiger partial charge on any atom is 0.237 e. The van der Waals surface area contributed by atoms with Crippen LogP contribution in [0.1, 0.15) is 24.8 Å². The predicted octanol–water partition coefficient (Wildman–Crippen LogP) is 1.66. The van der Waals surface area contributed by atoms with Gasteiger partial charge in [0.25, 0.3) is 0 Å². The lowest BCUT2D eigenvalue weighted by Gasteiger charge is -2.17. The third kappa shape index (κ3) is 4.15. The Morgan fingerprint density at radius 1 is 1.45 bits per heavy atom. The van der Waals surface area contributed by atoms with Gasteiger partial charge in [0.2, 0.25) is 5.91 Å². The first-order valence-electron chi connectivity index (χ1n) is 6.95. The first-order valence-corrected chi connectivity index (χ1v) is 8.24. The highest BCUT2D eigenvalue weighted by Gasteiger charge is 2.26. The van der Waals surface area contributed by atoms with Crippen molar-refractivity contribution < 1.29 is 9.90 Å². The number of carbonyl (C=O) groups is 1. The van der Waals surface area contributed by atoms with Gasteiger partial charge in [-0.05, 0) is 49.6 Å². The number of benzene rings is 1. The van der Waals surface area contributed by atoms with Crippen molar-refractivity contribution in [2.24, 2.45) is 5.73 Å². The fourth-order valence-corrected chi connectivity index (χ4v) is 3.37. The molecule has 4 N–H and O–H groups in total. The molecule has 1 aromatic carbocycles. The van der Waals surface area contributed by atoms with E-state index in [0.717, 1.165) is 18.4 Å². The van der Waals surface area contributed by atoms with Crippen molar-refractivity contribution in [1.29, 1.82) is 0 Å². The predicted molar refractivity (Wildman–Crippen MR) is 82.9 cm³/mol. The Bertz CT molecular complexity index is 450. The quantitative estimate of drug-likeness (QED) is 0.772. The molecule has 1 aliphatic carbocycles.